The van der Waals surface area contributed by atoms with Gasteiger partial charge in [-0.2, -0.15) is 0 Å². The van der Waals surface area contributed by atoms with Gasteiger partial charge in [0.25, 0.3) is 0 Å². The topological polar surface area (TPSA) is 46.2 Å². The van der Waals surface area contributed by atoms with E-state index in [2.05, 4.69) is 5.32 Å². The van der Waals surface area contributed by atoms with Crippen LogP contribution in [0.5, 0.6) is 0 Å². The van der Waals surface area contributed by atoms with Crippen LogP contribution >= 0.6 is 0 Å². The molecule has 1 amide bonds. The van der Waals surface area contributed by atoms with Crippen molar-refractivity contribution in [3.8, 4) is 0 Å². The SMILES string of the molecule is O=C1CCNC(=O)C12CCCC2. The maximum atomic E-state index is 11.6. The smallest absolute Gasteiger partial charge is 0.233 e. The number of Topliss-reactive ketones (excluding diaryl/α,β-unsaturated/α-hetero) is 1. The summed E-state index contributed by atoms with van der Waals surface area (Å²) in [5.41, 5.74) is -0.599. The predicted octanol–water partition coefficient (Wildman–Crippen LogP) is 0.636. The first-order valence-electron chi connectivity index (χ1n) is 4.57. The predicted molar refractivity (Wildman–Crippen MR) is 43.5 cm³/mol. The van der Waals surface area contributed by atoms with Gasteiger partial charge in [0.2, 0.25) is 5.91 Å². The molecule has 1 aliphatic carbocycles. The Morgan fingerprint density at radius 2 is 1.83 bits per heavy atom. The molecule has 1 aliphatic heterocycles. The van der Waals surface area contributed by atoms with E-state index in [4.69, 9.17) is 0 Å². The van der Waals surface area contributed by atoms with E-state index in [9.17, 15) is 9.59 Å². The van der Waals surface area contributed by atoms with E-state index in [1.54, 1.807) is 0 Å². The largest absolute Gasteiger partial charge is 0.355 e. The van der Waals surface area contributed by atoms with Crippen LogP contribution in [-0.4, -0.2) is 18.2 Å². The molecule has 1 N–H and O–H groups in total. The molecule has 3 nitrogen and oxygen atoms in total. The van der Waals surface area contributed by atoms with Crippen LogP contribution in [0.3, 0.4) is 0 Å². The molecule has 1 spiro atoms. The van der Waals surface area contributed by atoms with Crippen LogP contribution in [0.25, 0.3) is 0 Å². The summed E-state index contributed by atoms with van der Waals surface area (Å²) in [6, 6.07) is 0. The van der Waals surface area contributed by atoms with Crippen LogP contribution in [0.4, 0.5) is 0 Å². The highest BCUT2D eigenvalue weighted by molar-refractivity contribution is 6.08. The third-order valence-corrected chi connectivity index (χ3v) is 3.06. The summed E-state index contributed by atoms with van der Waals surface area (Å²) in [6.45, 7) is 0.541. The zero-order chi connectivity index (χ0) is 8.60. The van der Waals surface area contributed by atoms with Crippen LogP contribution in [0, 0.1) is 5.41 Å². The molecule has 0 aromatic carbocycles. The lowest BCUT2D eigenvalue weighted by molar-refractivity contribution is -0.144. The van der Waals surface area contributed by atoms with Crippen LogP contribution < -0.4 is 5.32 Å². The Morgan fingerprint density at radius 3 is 2.42 bits per heavy atom. The Kier molecular flexibility index (Phi) is 1.67. The van der Waals surface area contributed by atoms with E-state index in [0.29, 0.717) is 13.0 Å². The van der Waals surface area contributed by atoms with E-state index >= 15 is 0 Å². The molecule has 0 aromatic heterocycles. The first-order valence-corrected chi connectivity index (χ1v) is 4.57. The summed E-state index contributed by atoms with van der Waals surface area (Å²) >= 11 is 0. The normalized spacial score (nSPS) is 27.7. The van der Waals surface area contributed by atoms with Gasteiger partial charge >= 0.3 is 0 Å². The molecule has 2 rings (SSSR count). The van der Waals surface area contributed by atoms with Gasteiger partial charge in [-0.25, -0.2) is 0 Å². The van der Waals surface area contributed by atoms with Crippen LogP contribution in [-0.2, 0) is 9.59 Å². The molecule has 0 aromatic rings. The lowest BCUT2D eigenvalue weighted by atomic mass is 9.77. The minimum Gasteiger partial charge on any atom is -0.355 e. The highest BCUT2D eigenvalue weighted by Crippen LogP contribution is 2.41. The Morgan fingerprint density at radius 1 is 1.17 bits per heavy atom. The first-order chi connectivity index (χ1) is 5.76. The van der Waals surface area contributed by atoms with Crippen molar-refractivity contribution in [3.05, 3.63) is 0 Å². The highest BCUT2D eigenvalue weighted by Gasteiger charge is 2.48. The fourth-order valence-corrected chi connectivity index (χ4v) is 2.31. The van der Waals surface area contributed by atoms with Gasteiger partial charge in [0, 0.05) is 13.0 Å². The van der Waals surface area contributed by atoms with E-state index < -0.39 is 5.41 Å². The molecule has 0 unspecified atom stereocenters. The quantitative estimate of drug-likeness (QED) is 0.538. The number of ketones is 1. The molecule has 0 bridgehead atoms. The summed E-state index contributed by atoms with van der Waals surface area (Å²) < 4.78 is 0. The molecule has 1 saturated heterocycles. The zero-order valence-corrected chi connectivity index (χ0v) is 7.06. The second-order valence-electron chi connectivity index (χ2n) is 3.72. The third kappa shape index (κ3) is 0.886. The Balaban J connectivity index is 2.28. The molecule has 0 radical (unpaired) electrons. The maximum absolute atomic E-state index is 11.6. The van der Waals surface area contributed by atoms with Crippen molar-refractivity contribution >= 4 is 11.7 Å². The number of hydrogen-bond acceptors (Lipinski definition) is 2. The summed E-state index contributed by atoms with van der Waals surface area (Å²) in [6.07, 6.45) is 4.14. The second-order valence-corrected chi connectivity index (χ2v) is 3.72. The van der Waals surface area contributed by atoms with Crippen molar-refractivity contribution in [1.82, 2.24) is 5.32 Å². The van der Waals surface area contributed by atoms with Gasteiger partial charge in [-0.1, -0.05) is 12.8 Å². The van der Waals surface area contributed by atoms with E-state index in [1.165, 1.54) is 0 Å². The molecule has 2 aliphatic rings. The Hall–Kier alpha value is -0.860. The van der Waals surface area contributed by atoms with Crippen molar-refractivity contribution in [2.24, 2.45) is 5.41 Å². The van der Waals surface area contributed by atoms with Gasteiger partial charge in [-0.15, -0.1) is 0 Å². The molecule has 2 fully saturated rings. The van der Waals surface area contributed by atoms with Gasteiger partial charge in [-0.05, 0) is 12.8 Å². The minimum absolute atomic E-state index is 0.0174. The van der Waals surface area contributed by atoms with Crippen molar-refractivity contribution in [2.75, 3.05) is 6.54 Å². The molecule has 1 heterocycles. The van der Waals surface area contributed by atoms with Gasteiger partial charge in [-0.3, -0.25) is 9.59 Å². The molecule has 1 saturated carbocycles. The number of hydrogen-bond donors (Lipinski definition) is 1. The third-order valence-electron chi connectivity index (χ3n) is 3.06. The first kappa shape index (κ1) is 7.77. The van der Waals surface area contributed by atoms with Crippen molar-refractivity contribution in [1.29, 1.82) is 0 Å². The van der Waals surface area contributed by atoms with Gasteiger partial charge in [0.1, 0.15) is 11.2 Å². The zero-order valence-electron chi connectivity index (χ0n) is 7.06. The molecule has 3 heteroatoms. The average Bonchev–Trinajstić information content (AvgIpc) is 2.50. The minimum atomic E-state index is -0.599. The summed E-state index contributed by atoms with van der Waals surface area (Å²) in [5.74, 6) is 0.153. The standard InChI is InChI=1S/C9H13NO2/c11-7-3-6-10-8(12)9(7)4-1-2-5-9/h1-6H2,(H,10,12). The lowest BCUT2D eigenvalue weighted by Gasteiger charge is -2.30. The van der Waals surface area contributed by atoms with Gasteiger partial charge in [0.05, 0.1) is 0 Å². The van der Waals surface area contributed by atoms with Crippen molar-refractivity contribution in [3.63, 3.8) is 0 Å². The van der Waals surface area contributed by atoms with Crippen LogP contribution in [0.15, 0.2) is 0 Å². The fourth-order valence-electron chi connectivity index (χ4n) is 2.31. The lowest BCUT2D eigenvalue weighted by Crippen LogP contribution is -2.50. The number of carbonyl (C=O) groups excluding carboxylic acids is 2. The van der Waals surface area contributed by atoms with Gasteiger partial charge in [0.15, 0.2) is 0 Å². The Bertz CT molecular complexity index is 211. The summed E-state index contributed by atoms with van der Waals surface area (Å²) in [4.78, 5) is 23.1. The summed E-state index contributed by atoms with van der Waals surface area (Å²) in [5, 5.41) is 2.79. The molecule has 12 heavy (non-hydrogen) atoms. The maximum Gasteiger partial charge on any atom is 0.233 e. The highest BCUT2D eigenvalue weighted by atomic mass is 16.2. The number of carbonyl (C=O) groups is 2. The van der Waals surface area contributed by atoms with E-state index in [-0.39, 0.29) is 11.7 Å². The molecular formula is C9H13NO2. The Labute approximate surface area is 71.5 Å². The van der Waals surface area contributed by atoms with Gasteiger partial charge < -0.3 is 5.32 Å². The number of nitrogens with one attached hydrogen (secondary N) is 1. The van der Waals surface area contributed by atoms with Crippen LogP contribution in [0.1, 0.15) is 32.1 Å². The number of amides is 1. The molecular weight excluding hydrogens is 154 g/mol. The number of rotatable bonds is 0. The average molecular weight is 167 g/mol. The number of piperidine rings is 1. The van der Waals surface area contributed by atoms with E-state index in [0.717, 1.165) is 25.7 Å². The second kappa shape index (κ2) is 2.57. The fraction of sp³-hybridized carbons (Fsp3) is 0.778. The van der Waals surface area contributed by atoms with Crippen molar-refractivity contribution < 1.29 is 9.59 Å². The molecule has 0 atom stereocenters. The molecule has 66 valence electrons. The van der Waals surface area contributed by atoms with Crippen LogP contribution in [0.2, 0.25) is 0 Å². The summed E-state index contributed by atoms with van der Waals surface area (Å²) in [7, 11) is 0. The van der Waals surface area contributed by atoms with E-state index in [1.807, 2.05) is 0 Å². The monoisotopic (exact) mass is 167 g/mol. The van der Waals surface area contributed by atoms with Crippen molar-refractivity contribution in [2.45, 2.75) is 32.1 Å².